The van der Waals surface area contributed by atoms with Gasteiger partial charge in [-0.1, -0.05) is 25.7 Å². The van der Waals surface area contributed by atoms with E-state index in [9.17, 15) is 0 Å². The van der Waals surface area contributed by atoms with Gasteiger partial charge in [-0.2, -0.15) is 75.8 Å². The van der Waals surface area contributed by atoms with Crippen molar-refractivity contribution in [2.24, 2.45) is 11.3 Å². The number of hydrogen-bond acceptors (Lipinski definition) is 6. The van der Waals surface area contributed by atoms with Crippen LogP contribution < -0.4 is 0 Å². The first kappa shape index (κ1) is 28.1. The van der Waals surface area contributed by atoms with Crippen LogP contribution in [0.3, 0.4) is 0 Å². The van der Waals surface area contributed by atoms with E-state index in [0.29, 0.717) is 5.92 Å². The first-order chi connectivity index (χ1) is 12.6. The fourth-order valence-corrected chi connectivity index (χ4v) is 5.60. The topological polar surface area (TPSA) is 0 Å². The third-order valence-corrected chi connectivity index (χ3v) is 7.57. The highest BCUT2D eigenvalue weighted by Crippen LogP contribution is 2.53. The van der Waals surface area contributed by atoms with Crippen LogP contribution in [0.5, 0.6) is 0 Å². The smallest absolute Gasteiger partial charge is 0.0338 e. The summed E-state index contributed by atoms with van der Waals surface area (Å²) in [5, 5.41) is 1.39. The minimum absolute atomic E-state index is 0.157. The zero-order chi connectivity index (χ0) is 19.7. The van der Waals surface area contributed by atoms with E-state index in [2.05, 4.69) is 68.9 Å². The highest BCUT2D eigenvalue weighted by atomic mass is 32.1. The molecule has 0 saturated carbocycles. The Hall–Kier alpha value is 2.10. The van der Waals surface area contributed by atoms with E-state index in [4.69, 9.17) is 12.6 Å². The average Bonchev–Trinajstić information content (AvgIpc) is 2.64. The number of unbranched alkanes of at least 4 members (excludes halogenated alkanes) is 4. The third kappa shape index (κ3) is 11.3. The van der Waals surface area contributed by atoms with E-state index in [1.165, 1.54) is 69.5 Å². The highest BCUT2D eigenvalue weighted by Gasteiger charge is 2.42. The fourth-order valence-electron chi connectivity index (χ4n) is 3.73. The molecule has 0 nitrogen and oxygen atoms in total. The molecule has 2 radical (unpaired) electrons. The van der Waals surface area contributed by atoms with Crippen LogP contribution in [0.15, 0.2) is 0 Å². The highest BCUT2D eigenvalue weighted by molar-refractivity contribution is 7.83. The molecule has 0 aliphatic carbocycles. The van der Waals surface area contributed by atoms with Gasteiger partial charge in [-0.05, 0) is 85.7 Å². The summed E-state index contributed by atoms with van der Waals surface area (Å²) in [6.45, 7) is 0. The second kappa shape index (κ2) is 19.1. The van der Waals surface area contributed by atoms with Crippen molar-refractivity contribution in [1.82, 2.24) is 0 Å². The van der Waals surface area contributed by atoms with Gasteiger partial charge in [0.15, 0.2) is 0 Å². The summed E-state index contributed by atoms with van der Waals surface area (Å²) in [5.74, 6) is 6.48. The van der Waals surface area contributed by atoms with Crippen LogP contribution in [0.1, 0.15) is 77.0 Å². The molecule has 0 aromatic carbocycles. The first-order valence-corrected chi connectivity index (χ1v) is 13.6. The van der Waals surface area contributed by atoms with Gasteiger partial charge in [0.25, 0.3) is 0 Å². The van der Waals surface area contributed by atoms with Crippen molar-refractivity contribution in [3.05, 3.63) is 11.0 Å². The molecular formula is C20H40S6. The Morgan fingerprint density at radius 3 is 1.62 bits per heavy atom. The maximum absolute atomic E-state index is 5.11. The Kier molecular flexibility index (Phi) is 20.6. The van der Waals surface area contributed by atoms with Gasteiger partial charge in [0.1, 0.15) is 0 Å². The summed E-state index contributed by atoms with van der Waals surface area (Å²) in [6, 6.07) is 0. The van der Waals surface area contributed by atoms with Gasteiger partial charge < -0.3 is 0 Å². The van der Waals surface area contributed by atoms with Crippen molar-refractivity contribution >= 4 is 75.8 Å². The quantitative estimate of drug-likeness (QED) is 0.0811. The molecule has 0 aliphatic rings. The van der Waals surface area contributed by atoms with E-state index >= 15 is 0 Å². The van der Waals surface area contributed by atoms with Crippen LogP contribution in [-0.4, -0.2) is 23.0 Å². The van der Waals surface area contributed by atoms with Gasteiger partial charge >= 0.3 is 0 Å². The van der Waals surface area contributed by atoms with Crippen LogP contribution in [-0.2, 0) is 0 Å². The Morgan fingerprint density at radius 1 is 0.692 bits per heavy atom. The molecule has 0 rings (SSSR count). The maximum atomic E-state index is 5.11. The third-order valence-electron chi connectivity index (χ3n) is 5.27. The monoisotopic (exact) mass is 472 g/mol. The van der Waals surface area contributed by atoms with Crippen molar-refractivity contribution in [2.45, 2.75) is 77.0 Å². The molecule has 0 bridgehead atoms. The molecule has 156 valence electrons. The zero-order valence-corrected chi connectivity index (χ0v) is 21.5. The molecule has 0 aliphatic heterocycles. The van der Waals surface area contributed by atoms with Gasteiger partial charge in [-0.25, -0.2) is 0 Å². The lowest BCUT2D eigenvalue weighted by Gasteiger charge is -2.45. The molecule has 0 amide bonds. The zero-order valence-electron chi connectivity index (χ0n) is 16.2. The summed E-state index contributed by atoms with van der Waals surface area (Å²) >= 11 is 27.4. The van der Waals surface area contributed by atoms with E-state index in [1.54, 1.807) is 0 Å². The van der Waals surface area contributed by atoms with Gasteiger partial charge in [-0.15, -0.1) is 0 Å². The van der Waals surface area contributed by atoms with Crippen molar-refractivity contribution in [1.29, 1.82) is 0 Å². The second-order valence-electron chi connectivity index (χ2n) is 7.12. The van der Waals surface area contributed by atoms with Crippen molar-refractivity contribution < 1.29 is 0 Å². The molecule has 1 unspecified atom stereocenters. The normalized spacial score (nSPS) is 13.5. The summed E-state index contributed by atoms with van der Waals surface area (Å²) in [7, 11) is 0. The minimum atomic E-state index is 0.157. The van der Waals surface area contributed by atoms with E-state index in [1.807, 2.05) is 0 Å². The van der Waals surface area contributed by atoms with E-state index in [-0.39, 0.29) is 5.41 Å². The van der Waals surface area contributed by atoms with Crippen molar-refractivity contribution in [3.63, 3.8) is 0 Å². The van der Waals surface area contributed by atoms with Gasteiger partial charge in [0.2, 0.25) is 0 Å². The van der Waals surface area contributed by atoms with Gasteiger partial charge in [-0.3, -0.25) is 0 Å². The predicted molar refractivity (Wildman–Crippen MR) is 142 cm³/mol. The van der Waals surface area contributed by atoms with Crippen LogP contribution >= 0.6 is 75.8 Å². The molecule has 0 N–H and O–H groups in total. The Labute approximate surface area is 197 Å². The SMILES string of the molecule is S[CH]C(CCCCS)C(CCCCS)(CCCCS)[C](S)CCCCS. The number of hydrogen-bond donors (Lipinski definition) is 6. The predicted octanol–water partition coefficient (Wildman–Crippen LogP) is 7.54. The van der Waals surface area contributed by atoms with E-state index < -0.39 is 0 Å². The largest absolute Gasteiger partial charge is 0.179 e. The molecule has 0 fully saturated rings. The summed E-state index contributed by atoms with van der Waals surface area (Å²) in [4.78, 5) is 0. The fraction of sp³-hybridized carbons (Fsp3) is 0.900. The Bertz CT molecular complexity index is 290. The van der Waals surface area contributed by atoms with Gasteiger partial charge in [0.05, 0.1) is 0 Å². The lowest BCUT2D eigenvalue weighted by Crippen LogP contribution is -2.35. The average molecular weight is 473 g/mol. The molecule has 0 aromatic heterocycles. The Morgan fingerprint density at radius 2 is 1.15 bits per heavy atom. The standard InChI is InChI=1S/C20H40S6/c21-13-5-1-9-18(17-25)20(11-3-7-15-23,12-4-8-16-24)19(26)10-2-6-14-22/h17-18,21-26H,1-16H2. The molecule has 1 atom stereocenters. The lowest BCUT2D eigenvalue weighted by atomic mass is 9.64. The van der Waals surface area contributed by atoms with Crippen LogP contribution in [0.2, 0.25) is 0 Å². The summed E-state index contributed by atoms with van der Waals surface area (Å²) in [5.41, 5.74) is 0.157. The first-order valence-electron chi connectivity index (χ1n) is 10.1. The second-order valence-corrected chi connectivity index (χ2v) is 9.75. The van der Waals surface area contributed by atoms with Gasteiger partial charge in [0, 0.05) is 11.0 Å². The van der Waals surface area contributed by atoms with Crippen molar-refractivity contribution in [2.75, 3.05) is 23.0 Å². The maximum Gasteiger partial charge on any atom is 0.0338 e. The molecular weight excluding hydrogens is 433 g/mol. The molecule has 0 aromatic rings. The Balaban J connectivity index is 5.34. The van der Waals surface area contributed by atoms with Crippen LogP contribution in [0.4, 0.5) is 0 Å². The summed E-state index contributed by atoms with van der Waals surface area (Å²) < 4.78 is 0. The van der Waals surface area contributed by atoms with Crippen LogP contribution in [0.25, 0.3) is 0 Å². The van der Waals surface area contributed by atoms with E-state index in [0.717, 1.165) is 35.9 Å². The lowest BCUT2D eigenvalue weighted by molar-refractivity contribution is 0.166. The molecule has 26 heavy (non-hydrogen) atoms. The molecule has 0 spiro atoms. The van der Waals surface area contributed by atoms with Crippen molar-refractivity contribution in [3.8, 4) is 0 Å². The molecule has 0 heterocycles. The number of thiol groups is 6. The molecule has 0 saturated heterocycles. The number of rotatable bonds is 19. The molecule has 6 heteroatoms. The minimum Gasteiger partial charge on any atom is -0.179 e. The summed E-state index contributed by atoms with van der Waals surface area (Å²) in [6.07, 6.45) is 14.2. The van der Waals surface area contributed by atoms with Crippen LogP contribution in [0, 0.1) is 22.3 Å².